The molecule has 0 saturated heterocycles. The second-order valence-corrected chi connectivity index (χ2v) is 5.27. The molecule has 122 valence electrons. The van der Waals surface area contributed by atoms with Crippen LogP contribution in [0.5, 0.6) is 5.75 Å². The maximum Gasteiger partial charge on any atom is 0.255 e. The van der Waals surface area contributed by atoms with Crippen LogP contribution in [0.4, 0.5) is 5.82 Å². The van der Waals surface area contributed by atoms with E-state index in [1.807, 2.05) is 48.5 Å². The van der Waals surface area contributed by atoms with E-state index in [0.717, 1.165) is 16.7 Å². The molecule has 2 N–H and O–H groups in total. The summed E-state index contributed by atoms with van der Waals surface area (Å²) in [5, 5.41) is 7.19. The van der Waals surface area contributed by atoms with Gasteiger partial charge in [0.1, 0.15) is 11.6 Å². The number of anilines is 1. The number of carbonyl (C=O) groups excluding carboxylic acids is 1. The van der Waals surface area contributed by atoms with Crippen molar-refractivity contribution in [3.63, 3.8) is 0 Å². The predicted molar refractivity (Wildman–Crippen MR) is 95.6 cm³/mol. The molecule has 3 rings (SSSR count). The van der Waals surface area contributed by atoms with Gasteiger partial charge in [0.25, 0.3) is 5.91 Å². The number of pyridine rings is 1. The fourth-order valence-electron chi connectivity index (χ4n) is 2.46. The van der Waals surface area contributed by atoms with Gasteiger partial charge in [-0.1, -0.05) is 30.3 Å². The largest absolute Gasteiger partial charge is 0.496 e. The zero-order valence-electron chi connectivity index (χ0n) is 13.5. The third-order valence-corrected chi connectivity index (χ3v) is 3.67. The quantitative estimate of drug-likeness (QED) is 0.685. The highest BCUT2D eigenvalue weighted by Crippen LogP contribution is 2.17. The van der Waals surface area contributed by atoms with Crippen LogP contribution in [0.15, 0.2) is 60.7 Å². The van der Waals surface area contributed by atoms with Crippen molar-refractivity contribution in [2.45, 2.75) is 0 Å². The van der Waals surface area contributed by atoms with Crippen LogP contribution in [0, 0.1) is 0 Å². The summed E-state index contributed by atoms with van der Waals surface area (Å²) in [4.78, 5) is 16.7. The molecular weight excluding hydrogens is 302 g/mol. The summed E-state index contributed by atoms with van der Waals surface area (Å²) in [6.07, 6.45) is 0. The molecule has 2 aromatic carbocycles. The van der Waals surface area contributed by atoms with Crippen LogP contribution in [0.25, 0.3) is 10.9 Å². The minimum atomic E-state index is -0.152. The summed E-state index contributed by atoms with van der Waals surface area (Å²) in [5.41, 5.74) is 1.48. The molecule has 24 heavy (non-hydrogen) atoms. The van der Waals surface area contributed by atoms with Crippen LogP contribution >= 0.6 is 0 Å². The fourth-order valence-corrected chi connectivity index (χ4v) is 2.46. The molecule has 1 amide bonds. The summed E-state index contributed by atoms with van der Waals surface area (Å²) in [6.45, 7) is 1.08. The molecule has 0 spiro atoms. The summed E-state index contributed by atoms with van der Waals surface area (Å²) in [7, 11) is 1.55. The highest BCUT2D eigenvalue weighted by Gasteiger charge is 2.10. The van der Waals surface area contributed by atoms with E-state index in [-0.39, 0.29) is 5.91 Å². The standard InChI is InChI=1S/C19H19N3O2/c1-24-17-9-5-3-7-15(17)19(23)21-13-12-20-18-11-10-14-6-2-4-8-16(14)22-18/h2-11H,12-13H2,1H3,(H,20,22)(H,21,23). The zero-order valence-corrected chi connectivity index (χ0v) is 13.5. The van der Waals surface area contributed by atoms with Gasteiger partial charge in [-0.2, -0.15) is 0 Å². The van der Waals surface area contributed by atoms with Gasteiger partial charge in [-0.05, 0) is 30.3 Å². The smallest absolute Gasteiger partial charge is 0.255 e. The third-order valence-electron chi connectivity index (χ3n) is 3.67. The Labute approximate surface area is 140 Å². The topological polar surface area (TPSA) is 63.2 Å². The van der Waals surface area contributed by atoms with E-state index >= 15 is 0 Å². The third kappa shape index (κ3) is 3.63. The summed E-state index contributed by atoms with van der Waals surface area (Å²) in [5.74, 6) is 1.21. The number of methoxy groups -OCH3 is 1. The van der Waals surface area contributed by atoms with E-state index in [2.05, 4.69) is 15.6 Å². The van der Waals surface area contributed by atoms with E-state index in [9.17, 15) is 4.79 Å². The van der Waals surface area contributed by atoms with Gasteiger partial charge in [0.05, 0.1) is 18.2 Å². The number of hydrogen-bond acceptors (Lipinski definition) is 4. The van der Waals surface area contributed by atoms with Crippen molar-refractivity contribution >= 4 is 22.6 Å². The van der Waals surface area contributed by atoms with Gasteiger partial charge in [0, 0.05) is 18.5 Å². The Balaban J connectivity index is 1.53. The van der Waals surface area contributed by atoms with Gasteiger partial charge >= 0.3 is 0 Å². The molecule has 0 aliphatic heterocycles. The number of carbonyl (C=O) groups is 1. The summed E-state index contributed by atoms with van der Waals surface area (Å²) in [6, 6.07) is 19.1. The lowest BCUT2D eigenvalue weighted by molar-refractivity contribution is 0.0952. The fraction of sp³-hybridized carbons (Fsp3) is 0.158. The maximum absolute atomic E-state index is 12.2. The van der Waals surface area contributed by atoms with Crippen LogP contribution in [0.1, 0.15) is 10.4 Å². The van der Waals surface area contributed by atoms with E-state index in [1.165, 1.54) is 0 Å². The van der Waals surface area contributed by atoms with Crippen LogP contribution in [-0.4, -0.2) is 31.1 Å². The number of fused-ring (bicyclic) bond motifs is 1. The molecule has 0 bridgehead atoms. The van der Waals surface area contributed by atoms with Crippen LogP contribution in [0.2, 0.25) is 0 Å². The zero-order chi connectivity index (χ0) is 16.8. The molecule has 0 atom stereocenters. The number of amides is 1. The number of ether oxygens (including phenoxy) is 1. The first kappa shape index (κ1) is 15.8. The van der Waals surface area contributed by atoms with Crippen LogP contribution < -0.4 is 15.4 Å². The Hall–Kier alpha value is -3.08. The number of nitrogens with zero attached hydrogens (tertiary/aromatic N) is 1. The number of para-hydroxylation sites is 2. The van der Waals surface area contributed by atoms with Crippen molar-refractivity contribution in [2.24, 2.45) is 0 Å². The summed E-state index contributed by atoms with van der Waals surface area (Å²) >= 11 is 0. The number of benzene rings is 2. The molecule has 0 aliphatic carbocycles. The SMILES string of the molecule is COc1ccccc1C(=O)NCCNc1ccc2ccccc2n1. The first-order valence-electron chi connectivity index (χ1n) is 7.79. The molecule has 0 aliphatic rings. The van der Waals surface area contributed by atoms with Gasteiger partial charge in [-0.25, -0.2) is 4.98 Å². The van der Waals surface area contributed by atoms with Crippen molar-refractivity contribution in [3.8, 4) is 5.75 Å². The van der Waals surface area contributed by atoms with Gasteiger partial charge in [-0.3, -0.25) is 4.79 Å². The molecule has 0 saturated carbocycles. The lowest BCUT2D eigenvalue weighted by atomic mass is 10.2. The Morgan fingerprint density at radius 2 is 1.79 bits per heavy atom. The number of aromatic nitrogens is 1. The number of nitrogens with one attached hydrogen (secondary N) is 2. The molecule has 0 radical (unpaired) electrons. The van der Waals surface area contributed by atoms with Gasteiger partial charge in [-0.15, -0.1) is 0 Å². The Morgan fingerprint density at radius 3 is 2.67 bits per heavy atom. The molecular formula is C19H19N3O2. The highest BCUT2D eigenvalue weighted by atomic mass is 16.5. The average Bonchev–Trinajstić information content (AvgIpc) is 2.65. The second-order valence-electron chi connectivity index (χ2n) is 5.27. The van der Waals surface area contributed by atoms with Gasteiger partial charge in [0.2, 0.25) is 0 Å². The first-order chi connectivity index (χ1) is 11.8. The lowest BCUT2D eigenvalue weighted by Gasteiger charge is -2.10. The summed E-state index contributed by atoms with van der Waals surface area (Å²) < 4.78 is 5.20. The number of rotatable bonds is 6. The molecule has 1 aromatic heterocycles. The molecule has 0 fully saturated rings. The van der Waals surface area contributed by atoms with Crippen molar-refractivity contribution < 1.29 is 9.53 Å². The van der Waals surface area contributed by atoms with Gasteiger partial charge in [0.15, 0.2) is 0 Å². The molecule has 3 aromatic rings. The van der Waals surface area contributed by atoms with E-state index in [0.29, 0.717) is 24.4 Å². The molecule has 1 heterocycles. The van der Waals surface area contributed by atoms with Gasteiger partial charge < -0.3 is 15.4 Å². The minimum Gasteiger partial charge on any atom is -0.496 e. The normalized spacial score (nSPS) is 10.4. The van der Waals surface area contributed by atoms with Crippen LogP contribution in [-0.2, 0) is 0 Å². The molecule has 5 nitrogen and oxygen atoms in total. The van der Waals surface area contributed by atoms with Crippen molar-refractivity contribution in [2.75, 3.05) is 25.5 Å². The minimum absolute atomic E-state index is 0.152. The van der Waals surface area contributed by atoms with Crippen LogP contribution in [0.3, 0.4) is 0 Å². The van der Waals surface area contributed by atoms with Crippen molar-refractivity contribution in [3.05, 3.63) is 66.2 Å². The van der Waals surface area contributed by atoms with E-state index < -0.39 is 0 Å². The van der Waals surface area contributed by atoms with E-state index in [4.69, 9.17) is 4.74 Å². The lowest BCUT2D eigenvalue weighted by Crippen LogP contribution is -2.29. The number of hydrogen-bond donors (Lipinski definition) is 2. The maximum atomic E-state index is 12.2. The Morgan fingerprint density at radius 1 is 1.00 bits per heavy atom. The average molecular weight is 321 g/mol. The van der Waals surface area contributed by atoms with E-state index in [1.54, 1.807) is 19.2 Å². The predicted octanol–water partition coefficient (Wildman–Crippen LogP) is 3.09. The first-order valence-corrected chi connectivity index (χ1v) is 7.79. The molecule has 0 unspecified atom stereocenters. The second kappa shape index (κ2) is 7.46. The monoisotopic (exact) mass is 321 g/mol. The van der Waals surface area contributed by atoms with Crippen molar-refractivity contribution in [1.29, 1.82) is 0 Å². The highest BCUT2D eigenvalue weighted by molar-refractivity contribution is 5.96. The Kier molecular flexibility index (Phi) is 4.91. The molecule has 5 heteroatoms. The Bertz CT molecular complexity index is 849. The van der Waals surface area contributed by atoms with Crippen molar-refractivity contribution in [1.82, 2.24) is 10.3 Å².